The fourth-order valence-electron chi connectivity index (χ4n) is 4.82. The SMILES string of the molecule is O=C(O)CC1CCCN(CC(O)c2ccc(-c3noc(-c4ncn(-c5ccccn5)c4C(F)(F)F)n3)cc2)C1. The largest absolute Gasteiger partial charge is 0.481 e. The van der Waals surface area contributed by atoms with Crippen molar-refractivity contribution in [1.29, 1.82) is 0 Å². The molecule has 1 aliphatic rings. The molecule has 0 amide bonds. The number of pyridine rings is 1. The van der Waals surface area contributed by atoms with Crippen molar-refractivity contribution in [1.82, 2.24) is 29.6 Å². The molecule has 4 aromatic rings. The Morgan fingerprint density at radius 2 is 1.95 bits per heavy atom. The summed E-state index contributed by atoms with van der Waals surface area (Å²) in [5.74, 6) is -1.04. The van der Waals surface area contributed by atoms with Crippen molar-refractivity contribution in [2.24, 2.45) is 5.92 Å². The van der Waals surface area contributed by atoms with Crippen molar-refractivity contribution in [3.63, 3.8) is 0 Å². The fourth-order valence-corrected chi connectivity index (χ4v) is 4.82. The number of β-amino-alcohol motifs (C(OH)–C–C–N with tert-alkyl or cyclic N) is 1. The predicted octanol–water partition coefficient (Wildman–Crippen LogP) is 4.22. The Bertz CT molecular complexity index is 1420. The second kappa shape index (κ2) is 10.9. The zero-order chi connectivity index (χ0) is 27.6. The number of hydrogen-bond acceptors (Lipinski definition) is 8. The molecule has 1 fully saturated rings. The number of imidazole rings is 1. The van der Waals surface area contributed by atoms with Gasteiger partial charge in [-0.05, 0) is 43.0 Å². The van der Waals surface area contributed by atoms with E-state index in [9.17, 15) is 23.1 Å². The van der Waals surface area contributed by atoms with E-state index in [0.29, 0.717) is 24.2 Å². The molecule has 2 unspecified atom stereocenters. The molecular formula is C26H25F3N6O4. The number of aliphatic hydroxyl groups excluding tert-OH is 1. The van der Waals surface area contributed by atoms with E-state index in [2.05, 4.69) is 25.0 Å². The number of carboxylic acid groups (broad SMARTS) is 1. The molecule has 2 N–H and O–H groups in total. The average Bonchev–Trinajstić information content (AvgIpc) is 3.57. The topological polar surface area (TPSA) is 130 Å². The highest BCUT2D eigenvalue weighted by molar-refractivity contribution is 5.67. The summed E-state index contributed by atoms with van der Waals surface area (Å²) in [5, 5.41) is 23.6. The maximum absolute atomic E-state index is 14.0. The Labute approximate surface area is 220 Å². The average molecular weight is 543 g/mol. The van der Waals surface area contributed by atoms with Crippen LogP contribution in [0.5, 0.6) is 0 Å². The predicted molar refractivity (Wildman–Crippen MR) is 131 cm³/mol. The number of hydrogen-bond donors (Lipinski definition) is 2. The van der Waals surface area contributed by atoms with Crippen molar-refractivity contribution in [3.05, 3.63) is 66.2 Å². The van der Waals surface area contributed by atoms with Gasteiger partial charge in [0.25, 0.3) is 5.89 Å². The molecule has 1 saturated heterocycles. The first kappa shape index (κ1) is 26.5. The molecule has 2 atom stereocenters. The molecule has 13 heteroatoms. The van der Waals surface area contributed by atoms with Gasteiger partial charge in [-0.3, -0.25) is 9.36 Å². The molecule has 1 aliphatic heterocycles. The maximum atomic E-state index is 14.0. The summed E-state index contributed by atoms with van der Waals surface area (Å²) < 4.78 is 47.9. The normalized spacial score (nSPS) is 17.3. The molecule has 1 aromatic carbocycles. The Balaban J connectivity index is 1.31. The van der Waals surface area contributed by atoms with E-state index >= 15 is 0 Å². The van der Waals surface area contributed by atoms with Gasteiger partial charge in [0.05, 0.1) is 6.10 Å². The highest BCUT2D eigenvalue weighted by atomic mass is 19.4. The van der Waals surface area contributed by atoms with Crippen LogP contribution >= 0.6 is 0 Å². The van der Waals surface area contributed by atoms with Crippen molar-refractivity contribution in [2.45, 2.75) is 31.5 Å². The number of aliphatic carboxylic acids is 1. The van der Waals surface area contributed by atoms with Crippen molar-refractivity contribution >= 4 is 5.97 Å². The molecule has 0 spiro atoms. The summed E-state index contributed by atoms with van der Waals surface area (Å²) in [5.41, 5.74) is -0.477. The Hall–Kier alpha value is -4.10. The minimum atomic E-state index is -4.77. The number of carbonyl (C=O) groups is 1. The second-order valence-corrected chi connectivity index (χ2v) is 9.42. The number of aromatic nitrogens is 5. The van der Waals surface area contributed by atoms with Crippen molar-refractivity contribution in [3.8, 4) is 28.8 Å². The molecule has 10 nitrogen and oxygen atoms in total. The van der Waals surface area contributed by atoms with Gasteiger partial charge in [0, 0.05) is 31.3 Å². The lowest BCUT2D eigenvalue weighted by Crippen LogP contribution is -2.38. The number of benzene rings is 1. The van der Waals surface area contributed by atoms with Crippen LogP contribution in [0.2, 0.25) is 0 Å². The number of rotatable bonds is 8. The van der Waals surface area contributed by atoms with Crippen LogP contribution < -0.4 is 0 Å². The molecule has 0 bridgehead atoms. The van der Waals surface area contributed by atoms with E-state index in [4.69, 9.17) is 9.63 Å². The van der Waals surface area contributed by atoms with Crippen molar-refractivity contribution in [2.75, 3.05) is 19.6 Å². The first-order valence-corrected chi connectivity index (χ1v) is 12.3. The summed E-state index contributed by atoms with van der Waals surface area (Å²) in [6.07, 6.45) is -1.34. The summed E-state index contributed by atoms with van der Waals surface area (Å²) >= 11 is 0. The number of piperidine rings is 1. The molecule has 0 aliphatic carbocycles. The molecule has 0 saturated carbocycles. The van der Waals surface area contributed by atoms with Crippen LogP contribution in [0.1, 0.15) is 36.6 Å². The van der Waals surface area contributed by atoms with Crippen LogP contribution in [0.25, 0.3) is 28.8 Å². The number of halogens is 3. The summed E-state index contributed by atoms with van der Waals surface area (Å²) in [6.45, 7) is 1.76. The summed E-state index contributed by atoms with van der Waals surface area (Å²) in [6, 6.07) is 11.2. The van der Waals surface area contributed by atoms with Crippen LogP contribution in [0.4, 0.5) is 13.2 Å². The van der Waals surface area contributed by atoms with E-state index in [0.717, 1.165) is 30.3 Å². The number of aliphatic hydroxyl groups is 1. The molecule has 5 rings (SSSR count). The van der Waals surface area contributed by atoms with E-state index in [1.54, 1.807) is 36.4 Å². The van der Waals surface area contributed by atoms with E-state index < -0.39 is 35.5 Å². The molecule has 3 aromatic heterocycles. The van der Waals surface area contributed by atoms with Crippen LogP contribution in [-0.4, -0.2) is 65.4 Å². The number of nitrogens with zero attached hydrogens (tertiary/aromatic N) is 6. The van der Waals surface area contributed by atoms with Gasteiger partial charge in [0.2, 0.25) is 5.82 Å². The van der Waals surface area contributed by atoms with Crippen molar-refractivity contribution < 1.29 is 32.7 Å². The second-order valence-electron chi connectivity index (χ2n) is 9.42. The highest BCUT2D eigenvalue weighted by Crippen LogP contribution is 2.37. The first-order valence-electron chi connectivity index (χ1n) is 12.3. The molecular weight excluding hydrogens is 517 g/mol. The number of alkyl halides is 3. The van der Waals surface area contributed by atoms with E-state index in [-0.39, 0.29) is 24.0 Å². The van der Waals surface area contributed by atoms with Gasteiger partial charge >= 0.3 is 12.1 Å². The third-order valence-corrected chi connectivity index (χ3v) is 6.61. The lowest BCUT2D eigenvalue weighted by molar-refractivity contribution is -0.142. The first-order chi connectivity index (χ1) is 18.7. The standard InChI is InChI=1S/C26H25F3N6O4/c27-26(28,29)23-22(31-15-35(23)20-5-1-2-10-30-20)25-32-24(33-39-25)18-8-6-17(7-9-18)19(36)14-34-11-3-4-16(13-34)12-21(37)38/h1-2,5-10,15-16,19,36H,3-4,11-14H2,(H,37,38). The number of carboxylic acids is 1. The zero-order valence-electron chi connectivity index (χ0n) is 20.6. The lowest BCUT2D eigenvalue weighted by Gasteiger charge is -2.33. The van der Waals surface area contributed by atoms with E-state index in [1.165, 1.54) is 12.3 Å². The monoisotopic (exact) mass is 542 g/mol. The Morgan fingerprint density at radius 3 is 2.64 bits per heavy atom. The van der Waals surface area contributed by atoms with Crippen LogP contribution in [0.15, 0.2) is 59.5 Å². The van der Waals surface area contributed by atoms with Crippen LogP contribution in [0.3, 0.4) is 0 Å². The minimum Gasteiger partial charge on any atom is -0.481 e. The minimum absolute atomic E-state index is 0.0411. The summed E-state index contributed by atoms with van der Waals surface area (Å²) in [4.78, 5) is 25.1. The van der Waals surface area contributed by atoms with Gasteiger partial charge in [0.15, 0.2) is 11.4 Å². The quantitative estimate of drug-likeness (QED) is 0.336. The van der Waals surface area contributed by atoms with Crippen LogP contribution in [0, 0.1) is 5.92 Å². The Kier molecular flexibility index (Phi) is 7.44. The number of likely N-dealkylation sites (tertiary alicyclic amines) is 1. The molecule has 4 heterocycles. The van der Waals surface area contributed by atoms with Crippen LogP contribution in [-0.2, 0) is 11.0 Å². The third kappa shape index (κ3) is 5.99. The van der Waals surface area contributed by atoms with Gasteiger partial charge < -0.3 is 19.6 Å². The zero-order valence-corrected chi connectivity index (χ0v) is 20.6. The van der Waals surface area contributed by atoms with Gasteiger partial charge in [-0.1, -0.05) is 35.5 Å². The molecule has 0 radical (unpaired) electrons. The smallest absolute Gasteiger partial charge is 0.434 e. The van der Waals surface area contributed by atoms with Gasteiger partial charge in [-0.25, -0.2) is 9.97 Å². The Morgan fingerprint density at radius 1 is 1.15 bits per heavy atom. The van der Waals surface area contributed by atoms with Gasteiger partial charge in [0.1, 0.15) is 12.1 Å². The highest BCUT2D eigenvalue weighted by Gasteiger charge is 2.41. The molecule has 204 valence electrons. The third-order valence-electron chi connectivity index (χ3n) is 6.61. The van der Waals surface area contributed by atoms with Gasteiger partial charge in [-0.15, -0.1) is 0 Å². The lowest BCUT2D eigenvalue weighted by atomic mass is 9.94. The maximum Gasteiger partial charge on any atom is 0.434 e. The summed E-state index contributed by atoms with van der Waals surface area (Å²) in [7, 11) is 0. The van der Waals surface area contributed by atoms with Gasteiger partial charge in [-0.2, -0.15) is 18.2 Å². The van der Waals surface area contributed by atoms with E-state index in [1.807, 2.05) is 0 Å². The molecule has 39 heavy (non-hydrogen) atoms. The fraction of sp³-hybridized carbons (Fsp3) is 0.346.